The van der Waals surface area contributed by atoms with E-state index in [-0.39, 0.29) is 42.3 Å². The summed E-state index contributed by atoms with van der Waals surface area (Å²) in [7, 11) is 4.16. The second kappa shape index (κ2) is 51.5. The topological polar surface area (TPSA) is 112 Å². The van der Waals surface area contributed by atoms with Crippen LogP contribution in [0.1, 0.15) is 304 Å². The summed E-state index contributed by atoms with van der Waals surface area (Å²) in [6.07, 6.45) is 43.3. The van der Waals surface area contributed by atoms with Crippen LogP contribution in [0.25, 0.3) is 0 Å². The summed E-state index contributed by atoms with van der Waals surface area (Å²) in [5.41, 5.74) is 0. The third-order valence-corrected chi connectivity index (χ3v) is 13.9. The Labute approximate surface area is 433 Å². The van der Waals surface area contributed by atoms with Crippen molar-refractivity contribution >= 4 is 24.0 Å². The van der Waals surface area contributed by atoms with E-state index in [0.29, 0.717) is 39.0 Å². The van der Waals surface area contributed by atoms with Gasteiger partial charge < -0.3 is 28.7 Å². The van der Waals surface area contributed by atoms with E-state index in [9.17, 15) is 19.2 Å². The van der Waals surface area contributed by atoms with E-state index in [1.165, 1.54) is 77.0 Å². The average molecular weight is 994 g/mol. The number of rotatable bonds is 53. The second-order valence-electron chi connectivity index (χ2n) is 21.1. The quantitative estimate of drug-likeness (QED) is 0.0334. The van der Waals surface area contributed by atoms with Crippen LogP contribution in [0, 0.1) is 0 Å². The summed E-state index contributed by atoms with van der Waals surface area (Å²) in [5, 5.41) is 0. The molecule has 0 N–H and O–H groups in total. The maximum absolute atomic E-state index is 13.9. The molecule has 0 atom stereocenters. The molecule has 10 nitrogen and oxygen atoms in total. The molecule has 0 aromatic heterocycles. The SMILES string of the molecule is CCCCCCC(CCCCCC)OC(=O)CCCCCCCCC(CCCCCCCCC(=O)OC(CCCCCC)CCCCCC)OC(=O)N(CCCCCC(=O)OCC)CCCCN(C)C. The van der Waals surface area contributed by atoms with Crippen LogP contribution in [0.15, 0.2) is 0 Å². The highest BCUT2D eigenvalue weighted by atomic mass is 16.6. The molecule has 0 aliphatic heterocycles. The maximum atomic E-state index is 13.9. The van der Waals surface area contributed by atoms with Gasteiger partial charge in [0.2, 0.25) is 0 Å². The van der Waals surface area contributed by atoms with Gasteiger partial charge in [-0.25, -0.2) is 4.79 Å². The Morgan fingerprint density at radius 2 is 0.614 bits per heavy atom. The fourth-order valence-corrected chi connectivity index (χ4v) is 9.39. The lowest BCUT2D eigenvalue weighted by Crippen LogP contribution is -2.36. The van der Waals surface area contributed by atoms with Crippen LogP contribution in [-0.4, -0.2) is 92.4 Å². The summed E-state index contributed by atoms with van der Waals surface area (Å²) in [6, 6.07) is 0. The Kier molecular flexibility index (Phi) is 49.8. The minimum Gasteiger partial charge on any atom is -0.466 e. The number of unbranched alkanes of at least 4 members (excludes halogenated alkanes) is 25. The third-order valence-electron chi connectivity index (χ3n) is 13.9. The van der Waals surface area contributed by atoms with Crippen molar-refractivity contribution in [3.05, 3.63) is 0 Å². The minimum atomic E-state index is -0.202. The smallest absolute Gasteiger partial charge is 0.410 e. The van der Waals surface area contributed by atoms with Crippen LogP contribution in [-0.2, 0) is 33.3 Å². The van der Waals surface area contributed by atoms with Crippen LogP contribution in [0.3, 0.4) is 0 Å². The summed E-state index contributed by atoms with van der Waals surface area (Å²) in [6.45, 7) is 13.5. The molecule has 0 rings (SSSR count). The first-order chi connectivity index (χ1) is 34.1. The first-order valence-corrected chi connectivity index (χ1v) is 30.2. The first kappa shape index (κ1) is 67.6. The van der Waals surface area contributed by atoms with Crippen molar-refractivity contribution in [3.8, 4) is 0 Å². The summed E-state index contributed by atoms with van der Waals surface area (Å²) < 4.78 is 23.5. The molecule has 0 heterocycles. The second-order valence-corrected chi connectivity index (χ2v) is 21.1. The van der Waals surface area contributed by atoms with Crippen LogP contribution in [0.5, 0.6) is 0 Å². The van der Waals surface area contributed by atoms with Crippen molar-refractivity contribution in [3.63, 3.8) is 0 Å². The molecule has 0 aliphatic carbocycles. The molecule has 10 heteroatoms. The molecule has 0 saturated carbocycles. The van der Waals surface area contributed by atoms with Gasteiger partial charge in [0, 0.05) is 32.4 Å². The Morgan fingerprint density at radius 1 is 0.329 bits per heavy atom. The minimum absolute atomic E-state index is 0.0194. The van der Waals surface area contributed by atoms with Crippen molar-refractivity contribution < 1.29 is 38.1 Å². The van der Waals surface area contributed by atoms with Crippen LogP contribution >= 0.6 is 0 Å². The zero-order valence-electron chi connectivity index (χ0n) is 47.4. The molecule has 0 aliphatic rings. The average Bonchev–Trinajstić information content (AvgIpc) is 3.33. The van der Waals surface area contributed by atoms with E-state index in [4.69, 9.17) is 18.9 Å². The fraction of sp³-hybridized carbons (Fsp3) is 0.933. The van der Waals surface area contributed by atoms with Crippen LogP contribution in [0.2, 0.25) is 0 Å². The molecule has 0 aromatic rings. The Morgan fingerprint density at radius 3 is 0.971 bits per heavy atom. The molecule has 0 unspecified atom stereocenters. The van der Waals surface area contributed by atoms with Gasteiger partial charge in [-0.15, -0.1) is 0 Å². The van der Waals surface area contributed by atoms with E-state index < -0.39 is 0 Å². The Balaban J connectivity index is 5.16. The molecule has 0 saturated heterocycles. The number of esters is 3. The molecule has 0 spiro atoms. The van der Waals surface area contributed by atoms with E-state index in [1.807, 2.05) is 11.8 Å². The maximum Gasteiger partial charge on any atom is 0.410 e. The van der Waals surface area contributed by atoms with E-state index in [1.54, 1.807) is 0 Å². The lowest BCUT2D eigenvalue weighted by Gasteiger charge is -2.26. The van der Waals surface area contributed by atoms with Gasteiger partial charge in [0.1, 0.15) is 18.3 Å². The van der Waals surface area contributed by atoms with Gasteiger partial charge in [0.05, 0.1) is 6.61 Å². The van der Waals surface area contributed by atoms with Crippen molar-refractivity contribution in [1.82, 2.24) is 9.80 Å². The molecular formula is C60H116N2O8. The molecule has 1 amide bonds. The number of ether oxygens (including phenoxy) is 4. The standard InChI is InChI=1S/C60H116N2O8/c1-8-13-17-30-42-54(43-31-18-14-9-2)68-58(64)49-36-27-23-21-25-34-46-56(70-60(66)62(53-41-40-51-61(6)7)52-39-29-38-48-57(63)67-12-5)47-35-26-22-24-28-37-50-59(65)69-55(44-32-19-15-10-3)45-33-20-16-11-4/h54-56H,8-53H2,1-7H3. The van der Waals surface area contributed by atoms with Gasteiger partial charge in [-0.05, 0) is 143 Å². The van der Waals surface area contributed by atoms with Crippen LogP contribution in [0.4, 0.5) is 4.79 Å². The summed E-state index contributed by atoms with van der Waals surface area (Å²) >= 11 is 0. The Bertz CT molecular complexity index is 1100. The highest BCUT2D eigenvalue weighted by molar-refractivity contribution is 5.70. The zero-order chi connectivity index (χ0) is 51.6. The zero-order valence-corrected chi connectivity index (χ0v) is 47.4. The molecular weight excluding hydrogens is 877 g/mol. The number of amides is 1. The monoisotopic (exact) mass is 993 g/mol. The van der Waals surface area contributed by atoms with Gasteiger partial charge in [0.15, 0.2) is 0 Å². The predicted octanol–water partition coefficient (Wildman–Crippen LogP) is 17.2. The van der Waals surface area contributed by atoms with Crippen molar-refractivity contribution in [1.29, 1.82) is 0 Å². The van der Waals surface area contributed by atoms with Crippen LogP contribution < -0.4 is 0 Å². The van der Waals surface area contributed by atoms with Crippen molar-refractivity contribution in [2.24, 2.45) is 0 Å². The van der Waals surface area contributed by atoms with Gasteiger partial charge in [-0.3, -0.25) is 14.4 Å². The van der Waals surface area contributed by atoms with Gasteiger partial charge in [-0.1, -0.05) is 163 Å². The van der Waals surface area contributed by atoms with Gasteiger partial charge >= 0.3 is 24.0 Å². The van der Waals surface area contributed by atoms with Gasteiger partial charge in [-0.2, -0.15) is 0 Å². The lowest BCUT2D eigenvalue weighted by atomic mass is 10.0. The normalized spacial score (nSPS) is 11.6. The summed E-state index contributed by atoms with van der Waals surface area (Å²) in [4.78, 5) is 55.5. The molecule has 70 heavy (non-hydrogen) atoms. The van der Waals surface area contributed by atoms with E-state index >= 15 is 0 Å². The number of hydrogen-bond acceptors (Lipinski definition) is 9. The summed E-state index contributed by atoms with van der Waals surface area (Å²) in [5.74, 6) is -0.191. The van der Waals surface area contributed by atoms with E-state index in [2.05, 4.69) is 46.7 Å². The number of nitrogens with zero attached hydrogens (tertiary/aromatic N) is 2. The predicted molar refractivity (Wildman–Crippen MR) is 293 cm³/mol. The first-order valence-electron chi connectivity index (χ1n) is 30.2. The highest BCUT2D eigenvalue weighted by Gasteiger charge is 2.21. The van der Waals surface area contributed by atoms with E-state index in [0.717, 1.165) is 180 Å². The lowest BCUT2D eigenvalue weighted by molar-refractivity contribution is -0.151. The highest BCUT2D eigenvalue weighted by Crippen LogP contribution is 2.22. The number of hydrogen-bond donors (Lipinski definition) is 0. The number of carbonyl (C=O) groups excluding carboxylic acids is 4. The third kappa shape index (κ3) is 45.5. The molecule has 0 radical (unpaired) electrons. The van der Waals surface area contributed by atoms with Crippen molar-refractivity contribution in [2.75, 3.05) is 40.3 Å². The Hall–Kier alpha value is -2.36. The van der Waals surface area contributed by atoms with Gasteiger partial charge in [0.25, 0.3) is 0 Å². The fourth-order valence-electron chi connectivity index (χ4n) is 9.39. The molecule has 0 aromatic carbocycles. The largest absolute Gasteiger partial charge is 0.466 e. The van der Waals surface area contributed by atoms with Crippen molar-refractivity contribution in [2.45, 2.75) is 323 Å². The molecule has 0 bridgehead atoms. The molecule has 0 fully saturated rings. The number of carbonyl (C=O) groups is 4. The molecule has 414 valence electrons.